The summed E-state index contributed by atoms with van der Waals surface area (Å²) >= 11 is 5.82. The Hall–Kier alpha value is -1.59. The lowest BCUT2D eigenvalue weighted by Crippen LogP contribution is -2.49. The first-order valence-corrected chi connectivity index (χ1v) is 8.89. The quantitative estimate of drug-likeness (QED) is 0.828. The van der Waals surface area contributed by atoms with Crippen molar-refractivity contribution in [2.24, 2.45) is 0 Å². The van der Waals surface area contributed by atoms with Gasteiger partial charge in [0.05, 0.1) is 12.6 Å². The molecule has 2 amide bonds. The van der Waals surface area contributed by atoms with Crippen LogP contribution in [0.5, 0.6) is 0 Å². The van der Waals surface area contributed by atoms with Crippen molar-refractivity contribution in [1.29, 1.82) is 0 Å². The van der Waals surface area contributed by atoms with E-state index in [1.54, 1.807) is 36.2 Å². The number of nitrogens with one attached hydrogen (secondary N) is 2. The van der Waals surface area contributed by atoms with E-state index in [0.29, 0.717) is 10.7 Å². The Labute approximate surface area is 148 Å². The Morgan fingerprint density at radius 1 is 1.21 bits per heavy atom. The Kier molecular flexibility index (Phi) is 7.06. The minimum absolute atomic E-state index is 0.0105. The van der Waals surface area contributed by atoms with Gasteiger partial charge in [-0.1, -0.05) is 30.9 Å². The van der Waals surface area contributed by atoms with Crippen LogP contribution < -0.4 is 10.6 Å². The summed E-state index contributed by atoms with van der Waals surface area (Å²) in [5.41, 5.74) is 0.692. The molecule has 1 aliphatic rings. The Balaban J connectivity index is 1.79. The van der Waals surface area contributed by atoms with Crippen LogP contribution >= 0.6 is 11.6 Å². The first kappa shape index (κ1) is 18.7. The molecule has 1 fully saturated rings. The molecule has 0 aliphatic heterocycles. The van der Waals surface area contributed by atoms with Crippen molar-refractivity contribution in [2.75, 3.05) is 18.9 Å². The molecule has 5 nitrogen and oxygen atoms in total. The van der Waals surface area contributed by atoms with Crippen molar-refractivity contribution in [3.8, 4) is 0 Å². The summed E-state index contributed by atoms with van der Waals surface area (Å²) in [7, 11) is 1.78. The highest BCUT2D eigenvalue weighted by Crippen LogP contribution is 2.17. The average Bonchev–Trinajstić information content (AvgIpc) is 2.57. The zero-order chi connectivity index (χ0) is 17.5. The fourth-order valence-corrected chi connectivity index (χ4v) is 2.99. The molecule has 1 aromatic rings. The molecule has 0 unspecified atom stereocenters. The van der Waals surface area contributed by atoms with Crippen molar-refractivity contribution in [3.05, 3.63) is 29.3 Å². The zero-order valence-electron chi connectivity index (χ0n) is 14.3. The van der Waals surface area contributed by atoms with Gasteiger partial charge in [-0.25, -0.2) is 0 Å². The number of amides is 2. The molecule has 1 atom stereocenters. The third kappa shape index (κ3) is 5.80. The molecule has 24 heavy (non-hydrogen) atoms. The molecule has 132 valence electrons. The van der Waals surface area contributed by atoms with Crippen molar-refractivity contribution >= 4 is 29.1 Å². The maximum Gasteiger partial charge on any atom is 0.238 e. The smallest absolute Gasteiger partial charge is 0.238 e. The largest absolute Gasteiger partial charge is 0.352 e. The van der Waals surface area contributed by atoms with Gasteiger partial charge in [0.1, 0.15) is 0 Å². The number of carbonyl (C=O) groups excluding carboxylic acids is 2. The maximum atomic E-state index is 12.3. The predicted octanol–water partition coefficient (Wildman–Crippen LogP) is 3.05. The number of hydrogen-bond donors (Lipinski definition) is 2. The fourth-order valence-electron chi connectivity index (χ4n) is 2.87. The summed E-state index contributed by atoms with van der Waals surface area (Å²) in [6.07, 6.45) is 5.72. The molecule has 0 spiro atoms. The van der Waals surface area contributed by atoms with E-state index < -0.39 is 0 Å². The Morgan fingerprint density at radius 2 is 1.83 bits per heavy atom. The van der Waals surface area contributed by atoms with Gasteiger partial charge in [-0.15, -0.1) is 0 Å². The van der Waals surface area contributed by atoms with E-state index in [1.807, 2.05) is 6.92 Å². The number of hydrogen-bond acceptors (Lipinski definition) is 3. The third-order valence-electron chi connectivity index (χ3n) is 4.51. The molecule has 0 heterocycles. The van der Waals surface area contributed by atoms with Crippen molar-refractivity contribution in [3.63, 3.8) is 0 Å². The average molecular weight is 352 g/mol. The van der Waals surface area contributed by atoms with Crippen molar-refractivity contribution in [1.82, 2.24) is 10.2 Å². The van der Waals surface area contributed by atoms with E-state index in [1.165, 1.54) is 19.3 Å². The molecular formula is C18H26ClN3O2. The summed E-state index contributed by atoms with van der Waals surface area (Å²) < 4.78 is 0. The zero-order valence-corrected chi connectivity index (χ0v) is 15.1. The van der Waals surface area contributed by atoms with Crippen LogP contribution in [0, 0.1) is 0 Å². The monoisotopic (exact) mass is 351 g/mol. The SMILES string of the molecule is C[C@@H](C(=O)NC1CCCCC1)N(C)CC(=O)Nc1ccc(Cl)cc1. The van der Waals surface area contributed by atoms with Crippen LogP contribution in [0.25, 0.3) is 0 Å². The van der Waals surface area contributed by atoms with Crippen molar-refractivity contribution in [2.45, 2.75) is 51.1 Å². The van der Waals surface area contributed by atoms with Crippen LogP contribution in [0.4, 0.5) is 5.69 Å². The molecule has 0 aromatic heterocycles. The van der Waals surface area contributed by atoms with Gasteiger partial charge >= 0.3 is 0 Å². The van der Waals surface area contributed by atoms with E-state index in [4.69, 9.17) is 11.6 Å². The van der Waals surface area contributed by atoms with Crippen LogP contribution in [-0.4, -0.2) is 42.4 Å². The van der Waals surface area contributed by atoms with Gasteiger partial charge in [0, 0.05) is 16.8 Å². The second-order valence-electron chi connectivity index (χ2n) is 6.49. The van der Waals surface area contributed by atoms with Gasteiger partial charge < -0.3 is 10.6 Å². The Morgan fingerprint density at radius 3 is 2.46 bits per heavy atom. The standard InChI is InChI=1S/C18H26ClN3O2/c1-13(18(24)21-15-6-4-3-5-7-15)22(2)12-17(23)20-16-10-8-14(19)9-11-16/h8-11,13,15H,3-7,12H2,1-2H3,(H,20,23)(H,21,24)/t13-/m0/s1. The summed E-state index contributed by atoms with van der Waals surface area (Å²) in [5.74, 6) is -0.166. The third-order valence-corrected chi connectivity index (χ3v) is 4.77. The van der Waals surface area contributed by atoms with E-state index in [2.05, 4.69) is 10.6 Å². The van der Waals surface area contributed by atoms with Crippen molar-refractivity contribution < 1.29 is 9.59 Å². The van der Waals surface area contributed by atoms with Gasteiger partial charge in [-0.3, -0.25) is 14.5 Å². The van der Waals surface area contributed by atoms with Crippen LogP contribution in [0.3, 0.4) is 0 Å². The predicted molar refractivity (Wildman–Crippen MR) is 97.2 cm³/mol. The highest BCUT2D eigenvalue weighted by molar-refractivity contribution is 6.30. The molecule has 0 radical (unpaired) electrons. The number of nitrogens with zero attached hydrogens (tertiary/aromatic N) is 1. The molecule has 2 rings (SSSR count). The van der Waals surface area contributed by atoms with E-state index in [-0.39, 0.29) is 30.4 Å². The number of anilines is 1. The first-order chi connectivity index (χ1) is 11.5. The number of carbonyl (C=O) groups is 2. The molecule has 1 aliphatic carbocycles. The van der Waals surface area contributed by atoms with E-state index in [9.17, 15) is 9.59 Å². The van der Waals surface area contributed by atoms with Crippen LogP contribution in [-0.2, 0) is 9.59 Å². The molecule has 2 N–H and O–H groups in total. The lowest BCUT2D eigenvalue weighted by Gasteiger charge is -2.28. The number of halogens is 1. The van der Waals surface area contributed by atoms with Crippen LogP contribution in [0.1, 0.15) is 39.0 Å². The summed E-state index contributed by atoms with van der Waals surface area (Å²) in [6, 6.07) is 6.88. The molecule has 1 aromatic carbocycles. The molecule has 0 bridgehead atoms. The second-order valence-corrected chi connectivity index (χ2v) is 6.93. The minimum Gasteiger partial charge on any atom is -0.352 e. The summed E-state index contributed by atoms with van der Waals surface area (Å²) in [5, 5.41) is 6.53. The maximum absolute atomic E-state index is 12.3. The number of benzene rings is 1. The Bertz CT molecular complexity index is 556. The van der Waals surface area contributed by atoms with E-state index >= 15 is 0 Å². The van der Waals surface area contributed by atoms with Gasteiger partial charge in [-0.05, 0) is 51.1 Å². The normalized spacial score (nSPS) is 16.7. The highest BCUT2D eigenvalue weighted by atomic mass is 35.5. The summed E-state index contributed by atoms with van der Waals surface area (Å²) in [6.45, 7) is 1.98. The topological polar surface area (TPSA) is 61.4 Å². The first-order valence-electron chi connectivity index (χ1n) is 8.51. The fraction of sp³-hybridized carbons (Fsp3) is 0.556. The lowest BCUT2D eigenvalue weighted by molar-refractivity contribution is -0.127. The minimum atomic E-state index is -0.345. The molecule has 6 heteroatoms. The molecule has 0 saturated heterocycles. The summed E-state index contributed by atoms with van der Waals surface area (Å²) in [4.78, 5) is 26.2. The van der Waals surface area contributed by atoms with Gasteiger partial charge in [0.25, 0.3) is 0 Å². The second kappa shape index (κ2) is 9.04. The number of likely N-dealkylation sites (N-methyl/N-ethyl adjacent to an activating group) is 1. The van der Waals surface area contributed by atoms with E-state index in [0.717, 1.165) is 12.8 Å². The van der Waals surface area contributed by atoms with Crippen LogP contribution in [0.2, 0.25) is 5.02 Å². The highest BCUT2D eigenvalue weighted by Gasteiger charge is 2.23. The van der Waals surface area contributed by atoms with Gasteiger partial charge in [0.2, 0.25) is 11.8 Å². The van der Waals surface area contributed by atoms with Gasteiger partial charge in [-0.2, -0.15) is 0 Å². The lowest BCUT2D eigenvalue weighted by atomic mass is 9.95. The van der Waals surface area contributed by atoms with Crippen LogP contribution in [0.15, 0.2) is 24.3 Å². The number of rotatable bonds is 6. The molecule has 1 saturated carbocycles. The molecular weight excluding hydrogens is 326 g/mol. The van der Waals surface area contributed by atoms with Gasteiger partial charge in [0.15, 0.2) is 0 Å².